The van der Waals surface area contributed by atoms with Crippen LogP contribution in [-0.4, -0.2) is 26.6 Å². The molecule has 1 aromatic heterocycles. The molecule has 2 N–H and O–H groups in total. The van der Waals surface area contributed by atoms with Crippen LogP contribution in [0.3, 0.4) is 0 Å². The molecule has 0 bridgehead atoms. The topological polar surface area (TPSA) is 63.0 Å². The molecule has 1 unspecified atom stereocenters. The van der Waals surface area contributed by atoms with Crippen LogP contribution in [0.25, 0.3) is 0 Å². The average molecular weight is 246 g/mol. The van der Waals surface area contributed by atoms with Gasteiger partial charge in [-0.3, -0.25) is 4.68 Å². The molecular formula is C13H18N4O. The van der Waals surface area contributed by atoms with Gasteiger partial charge in [0.1, 0.15) is 5.75 Å². The highest BCUT2D eigenvalue weighted by atomic mass is 16.3. The Balaban J connectivity index is 1.91. The van der Waals surface area contributed by atoms with E-state index >= 15 is 0 Å². The van der Waals surface area contributed by atoms with E-state index in [9.17, 15) is 5.11 Å². The third kappa shape index (κ3) is 3.07. The molecule has 96 valence electrons. The molecule has 0 saturated heterocycles. The molecule has 0 amide bonds. The minimum Gasteiger partial charge on any atom is -0.508 e. The summed E-state index contributed by atoms with van der Waals surface area (Å²) in [6, 6.07) is 7.61. The number of rotatable bonds is 6. The van der Waals surface area contributed by atoms with Gasteiger partial charge in [-0.2, -0.15) is 0 Å². The summed E-state index contributed by atoms with van der Waals surface area (Å²) in [6.45, 7) is 3.65. The molecule has 0 saturated carbocycles. The van der Waals surface area contributed by atoms with Crippen LogP contribution in [0.5, 0.6) is 5.75 Å². The van der Waals surface area contributed by atoms with Crippen molar-refractivity contribution in [2.75, 3.05) is 6.54 Å². The van der Waals surface area contributed by atoms with E-state index in [1.807, 2.05) is 24.4 Å². The van der Waals surface area contributed by atoms with E-state index in [2.05, 4.69) is 22.6 Å². The molecule has 1 aromatic carbocycles. The molecular weight excluding hydrogens is 228 g/mol. The van der Waals surface area contributed by atoms with Gasteiger partial charge in [-0.15, -0.1) is 5.10 Å². The van der Waals surface area contributed by atoms with E-state index in [0.29, 0.717) is 5.75 Å². The Hall–Kier alpha value is -1.88. The van der Waals surface area contributed by atoms with Crippen molar-refractivity contribution < 1.29 is 5.11 Å². The van der Waals surface area contributed by atoms with Crippen molar-refractivity contribution in [2.45, 2.75) is 25.9 Å². The van der Waals surface area contributed by atoms with Gasteiger partial charge < -0.3 is 10.4 Å². The molecule has 2 rings (SSSR count). The quantitative estimate of drug-likeness (QED) is 0.814. The molecule has 1 atom stereocenters. The minimum atomic E-state index is 0.162. The molecule has 0 aliphatic rings. The number of aromatic hydroxyl groups is 1. The normalized spacial score (nSPS) is 12.5. The highest BCUT2D eigenvalue weighted by Gasteiger charge is 2.11. The summed E-state index contributed by atoms with van der Waals surface area (Å²) in [5, 5.41) is 20.9. The van der Waals surface area contributed by atoms with Crippen LogP contribution in [0, 0.1) is 0 Å². The Morgan fingerprint density at radius 2 is 2.22 bits per heavy atom. The Morgan fingerprint density at radius 1 is 1.39 bits per heavy atom. The summed E-state index contributed by atoms with van der Waals surface area (Å²) in [5.74, 6) is 0.345. The van der Waals surface area contributed by atoms with Gasteiger partial charge in [0.05, 0.1) is 12.7 Å². The summed E-state index contributed by atoms with van der Waals surface area (Å²) >= 11 is 0. The van der Waals surface area contributed by atoms with Crippen molar-refractivity contribution in [2.24, 2.45) is 0 Å². The summed E-state index contributed by atoms with van der Waals surface area (Å²) in [5.41, 5.74) is 0.943. The van der Waals surface area contributed by atoms with Gasteiger partial charge in [0.25, 0.3) is 0 Å². The Bertz CT molecular complexity index is 470. The van der Waals surface area contributed by atoms with Crippen LogP contribution in [0.1, 0.15) is 24.9 Å². The van der Waals surface area contributed by atoms with Crippen molar-refractivity contribution in [3.63, 3.8) is 0 Å². The number of phenolic OH excluding ortho intramolecular Hbond substituents is 1. The molecule has 5 heteroatoms. The first kappa shape index (κ1) is 12.6. The lowest BCUT2D eigenvalue weighted by Gasteiger charge is -2.18. The number of nitrogens with zero attached hydrogens (tertiary/aromatic N) is 3. The Kier molecular flexibility index (Phi) is 4.30. The van der Waals surface area contributed by atoms with E-state index in [1.165, 1.54) is 0 Å². The van der Waals surface area contributed by atoms with E-state index in [4.69, 9.17) is 0 Å². The van der Waals surface area contributed by atoms with Crippen molar-refractivity contribution in [3.05, 3.63) is 42.2 Å². The molecule has 0 fully saturated rings. The molecule has 1 heterocycles. The number of aromatic nitrogens is 3. The first-order chi connectivity index (χ1) is 8.81. The largest absolute Gasteiger partial charge is 0.508 e. The van der Waals surface area contributed by atoms with Gasteiger partial charge in [-0.25, -0.2) is 0 Å². The van der Waals surface area contributed by atoms with Gasteiger partial charge in [0.2, 0.25) is 0 Å². The fraction of sp³-hybridized carbons (Fsp3) is 0.385. The second kappa shape index (κ2) is 6.16. The lowest BCUT2D eigenvalue weighted by Crippen LogP contribution is -2.25. The molecule has 2 aromatic rings. The fourth-order valence-electron chi connectivity index (χ4n) is 1.96. The van der Waals surface area contributed by atoms with Crippen molar-refractivity contribution >= 4 is 0 Å². The summed E-state index contributed by atoms with van der Waals surface area (Å²) < 4.78 is 1.78. The average Bonchev–Trinajstić information content (AvgIpc) is 2.89. The number of hydrogen-bond acceptors (Lipinski definition) is 4. The zero-order chi connectivity index (χ0) is 12.8. The number of benzene rings is 1. The predicted octanol–water partition coefficient (Wildman–Crippen LogP) is 1.72. The van der Waals surface area contributed by atoms with Crippen LogP contribution in [0.2, 0.25) is 0 Å². The first-order valence-electron chi connectivity index (χ1n) is 6.16. The fourth-order valence-corrected chi connectivity index (χ4v) is 1.96. The molecule has 0 spiro atoms. The van der Waals surface area contributed by atoms with Crippen LogP contribution in [-0.2, 0) is 6.54 Å². The molecule has 0 aliphatic heterocycles. The highest BCUT2D eigenvalue weighted by Crippen LogP contribution is 2.25. The van der Waals surface area contributed by atoms with Gasteiger partial charge >= 0.3 is 0 Å². The van der Waals surface area contributed by atoms with Gasteiger partial charge in [-0.05, 0) is 12.5 Å². The zero-order valence-electron chi connectivity index (χ0n) is 10.5. The van der Waals surface area contributed by atoms with Crippen LogP contribution in [0.4, 0.5) is 0 Å². The Labute approximate surface area is 106 Å². The second-order valence-corrected chi connectivity index (χ2v) is 4.14. The minimum absolute atomic E-state index is 0.162. The second-order valence-electron chi connectivity index (χ2n) is 4.14. The lowest BCUT2D eigenvalue weighted by atomic mass is 10.0. The lowest BCUT2D eigenvalue weighted by molar-refractivity contribution is 0.431. The molecule has 18 heavy (non-hydrogen) atoms. The Morgan fingerprint density at radius 3 is 2.89 bits per heavy atom. The van der Waals surface area contributed by atoms with Crippen LogP contribution < -0.4 is 5.32 Å². The summed E-state index contributed by atoms with van der Waals surface area (Å²) in [6.07, 6.45) is 4.43. The first-order valence-corrected chi connectivity index (χ1v) is 6.16. The maximum atomic E-state index is 9.83. The van der Waals surface area contributed by atoms with Crippen molar-refractivity contribution in [3.8, 4) is 5.75 Å². The van der Waals surface area contributed by atoms with Crippen molar-refractivity contribution in [1.29, 1.82) is 0 Å². The maximum absolute atomic E-state index is 9.83. The third-order valence-corrected chi connectivity index (χ3v) is 2.92. The zero-order valence-corrected chi connectivity index (χ0v) is 10.5. The van der Waals surface area contributed by atoms with E-state index in [1.54, 1.807) is 16.9 Å². The standard InChI is InChI=1S/C13H18N4O/c1-2-12(11-5-3-4-6-13(11)18)14-7-9-17-10-8-15-16-17/h3-6,8,10,12,14,18H,2,7,9H2,1H3. The van der Waals surface area contributed by atoms with Crippen LogP contribution in [0.15, 0.2) is 36.7 Å². The maximum Gasteiger partial charge on any atom is 0.120 e. The van der Waals surface area contributed by atoms with Gasteiger partial charge in [0.15, 0.2) is 0 Å². The predicted molar refractivity (Wildman–Crippen MR) is 69.2 cm³/mol. The van der Waals surface area contributed by atoms with E-state index in [-0.39, 0.29) is 6.04 Å². The summed E-state index contributed by atoms with van der Waals surface area (Å²) in [7, 11) is 0. The summed E-state index contributed by atoms with van der Waals surface area (Å²) in [4.78, 5) is 0. The highest BCUT2D eigenvalue weighted by molar-refractivity contribution is 5.34. The number of nitrogens with one attached hydrogen (secondary N) is 1. The molecule has 0 radical (unpaired) electrons. The van der Waals surface area contributed by atoms with Crippen molar-refractivity contribution in [1.82, 2.24) is 20.3 Å². The number of phenols is 1. The van der Waals surface area contributed by atoms with Gasteiger partial charge in [-0.1, -0.05) is 30.3 Å². The monoisotopic (exact) mass is 246 g/mol. The SMILES string of the molecule is CCC(NCCn1ccnn1)c1ccccc1O. The molecule has 5 nitrogen and oxygen atoms in total. The number of para-hydroxylation sites is 1. The van der Waals surface area contributed by atoms with E-state index < -0.39 is 0 Å². The van der Waals surface area contributed by atoms with E-state index in [0.717, 1.165) is 25.1 Å². The van der Waals surface area contributed by atoms with Crippen LogP contribution >= 0.6 is 0 Å². The third-order valence-electron chi connectivity index (χ3n) is 2.92. The molecule has 0 aliphatic carbocycles. The van der Waals surface area contributed by atoms with Gasteiger partial charge in [0, 0.05) is 24.3 Å². The smallest absolute Gasteiger partial charge is 0.120 e. The number of hydrogen-bond donors (Lipinski definition) is 2.